The molecule has 26 heavy (non-hydrogen) atoms. The Hall–Kier alpha value is -2.68. The lowest BCUT2D eigenvalue weighted by atomic mass is 10.2. The van der Waals surface area contributed by atoms with Crippen molar-refractivity contribution in [3.63, 3.8) is 0 Å². The number of hydrogen-bond acceptors (Lipinski definition) is 5. The van der Waals surface area contributed by atoms with Gasteiger partial charge < -0.3 is 10.6 Å². The number of carbonyl (C=O) groups is 2. The molecule has 0 fully saturated rings. The molecule has 1 aromatic carbocycles. The molecule has 8 nitrogen and oxygen atoms in total. The third-order valence-electron chi connectivity index (χ3n) is 3.90. The number of amides is 2. The molecule has 138 valence electrons. The van der Waals surface area contributed by atoms with Gasteiger partial charge in [0, 0.05) is 12.1 Å². The van der Waals surface area contributed by atoms with Crippen molar-refractivity contribution in [2.45, 2.75) is 25.4 Å². The zero-order valence-electron chi connectivity index (χ0n) is 14.5. The van der Waals surface area contributed by atoms with Gasteiger partial charge in [-0.1, -0.05) is 32.0 Å². The van der Waals surface area contributed by atoms with Crippen molar-refractivity contribution in [2.24, 2.45) is 5.92 Å². The average Bonchev–Trinajstić information content (AvgIpc) is 3.06. The topological polar surface area (TPSA) is 110 Å². The molecule has 0 bridgehead atoms. The summed E-state index contributed by atoms with van der Waals surface area (Å²) in [6.07, 6.45) is 0. The van der Waals surface area contributed by atoms with Crippen molar-refractivity contribution in [1.29, 1.82) is 0 Å². The number of aromatic nitrogens is 2. The Labute approximate surface area is 151 Å². The Morgan fingerprint density at radius 2 is 1.85 bits per heavy atom. The van der Waals surface area contributed by atoms with Gasteiger partial charge in [0.2, 0.25) is 0 Å². The first-order valence-corrected chi connectivity index (χ1v) is 10.0. The molecule has 0 spiro atoms. The second kappa shape index (κ2) is 6.91. The van der Waals surface area contributed by atoms with Gasteiger partial charge in [-0.15, -0.1) is 0 Å². The number of carbonyl (C=O) groups excluding carboxylic acids is 2. The van der Waals surface area contributed by atoms with Crippen molar-refractivity contribution in [2.75, 3.05) is 11.9 Å². The second-order valence-corrected chi connectivity index (χ2v) is 8.68. The monoisotopic (exact) mass is 376 g/mol. The number of benzene rings is 1. The highest BCUT2D eigenvalue weighted by Gasteiger charge is 2.33. The fourth-order valence-corrected chi connectivity index (χ4v) is 4.16. The van der Waals surface area contributed by atoms with Crippen LogP contribution >= 0.6 is 0 Å². The predicted octanol–water partition coefficient (Wildman–Crippen LogP) is 1.01. The summed E-state index contributed by atoms with van der Waals surface area (Å²) in [5, 5.41) is 9.41. The van der Waals surface area contributed by atoms with Crippen molar-refractivity contribution in [3.05, 3.63) is 41.6 Å². The molecule has 2 N–H and O–H groups in total. The third-order valence-corrected chi connectivity index (χ3v) is 5.34. The molecule has 0 atom stereocenters. The molecule has 0 saturated heterocycles. The van der Waals surface area contributed by atoms with E-state index in [1.807, 2.05) is 19.9 Å². The van der Waals surface area contributed by atoms with Crippen molar-refractivity contribution in [1.82, 2.24) is 15.1 Å². The van der Waals surface area contributed by atoms with Crippen LogP contribution in [-0.2, 0) is 30.9 Å². The molecule has 2 aromatic rings. The van der Waals surface area contributed by atoms with Crippen LogP contribution in [0.4, 0.5) is 5.82 Å². The summed E-state index contributed by atoms with van der Waals surface area (Å²) in [7, 11) is -3.29. The molecule has 3 rings (SSSR count). The van der Waals surface area contributed by atoms with Gasteiger partial charge in [-0.2, -0.15) is 5.10 Å². The normalized spacial score (nSPS) is 14.9. The van der Waals surface area contributed by atoms with Gasteiger partial charge in [0.15, 0.2) is 9.84 Å². The summed E-state index contributed by atoms with van der Waals surface area (Å²) in [4.78, 5) is 24.2. The number of para-hydroxylation sites is 1. The zero-order valence-corrected chi connectivity index (χ0v) is 15.3. The van der Waals surface area contributed by atoms with E-state index in [2.05, 4.69) is 15.7 Å². The van der Waals surface area contributed by atoms with E-state index in [1.54, 1.807) is 24.3 Å². The quantitative estimate of drug-likeness (QED) is 0.774. The second-order valence-electron chi connectivity index (χ2n) is 6.61. The van der Waals surface area contributed by atoms with Crippen LogP contribution in [0.25, 0.3) is 5.69 Å². The number of fused-ring (bicyclic) bond motifs is 1. The third kappa shape index (κ3) is 3.77. The number of sulfone groups is 1. The molecule has 1 aliphatic rings. The standard InChI is InChI=1S/C17H20N4O4S/c1-11(2)8-18-16(22)17(23)19-15-13-9-26(24,25)10-14(13)20-21(15)12-6-4-3-5-7-12/h3-7,11H,8-10H2,1-2H3,(H,18,22)(H,19,23). The Kier molecular flexibility index (Phi) is 4.82. The van der Waals surface area contributed by atoms with E-state index in [1.165, 1.54) is 4.68 Å². The van der Waals surface area contributed by atoms with Gasteiger partial charge in [-0.25, -0.2) is 13.1 Å². The van der Waals surface area contributed by atoms with Crippen LogP contribution in [0.15, 0.2) is 30.3 Å². The molecule has 0 unspecified atom stereocenters. The van der Waals surface area contributed by atoms with E-state index < -0.39 is 21.7 Å². The van der Waals surface area contributed by atoms with Crippen molar-refractivity contribution < 1.29 is 18.0 Å². The summed E-state index contributed by atoms with van der Waals surface area (Å²) >= 11 is 0. The Morgan fingerprint density at radius 3 is 2.50 bits per heavy atom. The summed E-state index contributed by atoms with van der Waals surface area (Å²) < 4.78 is 25.3. The number of rotatable bonds is 4. The molecule has 0 saturated carbocycles. The SMILES string of the molecule is CC(C)CNC(=O)C(=O)Nc1c2c(nn1-c1ccccc1)CS(=O)(=O)C2. The lowest BCUT2D eigenvalue weighted by molar-refractivity contribution is -0.136. The maximum atomic E-state index is 12.3. The molecule has 2 heterocycles. The Morgan fingerprint density at radius 1 is 1.15 bits per heavy atom. The molecule has 2 amide bonds. The fourth-order valence-electron chi connectivity index (χ4n) is 2.67. The van der Waals surface area contributed by atoms with Crippen LogP contribution in [0.5, 0.6) is 0 Å². The highest BCUT2D eigenvalue weighted by atomic mass is 32.2. The van der Waals surface area contributed by atoms with Gasteiger partial charge in [-0.3, -0.25) is 9.59 Å². The first-order valence-electron chi connectivity index (χ1n) is 8.22. The van der Waals surface area contributed by atoms with E-state index in [9.17, 15) is 18.0 Å². The van der Waals surface area contributed by atoms with E-state index in [0.29, 0.717) is 23.5 Å². The number of nitrogens with one attached hydrogen (secondary N) is 2. The number of hydrogen-bond donors (Lipinski definition) is 2. The summed E-state index contributed by atoms with van der Waals surface area (Å²) in [5.41, 5.74) is 1.49. The lowest BCUT2D eigenvalue weighted by Gasteiger charge is -2.11. The molecular weight excluding hydrogens is 356 g/mol. The van der Waals surface area contributed by atoms with Crippen molar-refractivity contribution in [3.8, 4) is 5.69 Å². The van der Waals surface area contributed by atoms with Crippen LogP contribution in [0.1, 0.15) is 25.1 Å². The zero-order chi connectivity index (χ0) is 18.9. The van der Waals surface area contributed by atoms with Gasteiger partial charge >= 0.3 is 11.8 Å². The minimum absolute atomic E-state index is 0.176. The molecule has 0 radical (unpaired) electrons. The molecule has 9 heteroatoms. The predicted molar refractivity (Wildman–Crippen MR) is 96.4 cm³/mol. The maximum absolute atomic E-state index is 12.3. The largest absolute Gasteiger partial charge is 0.348 e. The average molecular weight is 376 g/mol. The van der Waals surface area contributed by atoms with Crippen LogP contribution in [-0.4, -0.2) is 36.6 Å². The van der Waals surface area contributed by atoms with Gasteiger partial charge in [0.1, 0.15) is 5.82 Å². The Bertz CT molecular complexity index is 949. The van der Waals surface area contributed by atoms with Gasteiger partial charge in [0.05, 0.1) is 22.9 Å². The number of nitrogens with zero attached hydrogens (tertiary/aromatic N) is 2. The summed E-state index contributed by atoms with van der Waals surface area (Å²) in [5.74, 6) is -1.58. The van der Waals surface area contributed by atoms with Crippen LogP contribution in [0.2, 0.25) is 0 Å². The number of anilines is 1. The lowest BCUT2D eigenvalue weighted by Crippen LogP contribution is -2.37. The Balaban J connectivity index is 1.92. The smallest absolute Gasteiger partial charge is 0.314 e. The fraction of sp³-hybridized carbons (Fsp3) is 0.353. The molecule has 1 aromatic heterocycles. The van der Waals surface area contributed by atoms with E-state index in [0.717, 1.165) is 0 Å². The highest BCUT2D eigenvalue weighted by molar-refractivity contribution is 7.90. The van der Waals surface area contributed by atoms with Gasteiger partial charge in [-0.05, 0) is 18.1 Å². The molecular formula is C17H20N4O4S. The minimum atomic E-state index is -3.29. The van der Waals surface area contributed by atoms with Crippen LogP contribution in [0, 0.1) is 5.92 Å². The highest BCUT2D eigenvalue weighted by Crippen LogP contribution is 2.32. The van der Waals surface area contributed by atoms with E-state index >= 15 is 0 Å². The van der Waals surface area contributed by atoms with Crippen LogP contribution in [0.3, 0.4) is 0 Å². The van der Waals surface area contributed by atoms with Gasteiger partial charge in [0.25, 0.3) is 0 Å². The maximum Gasteiger partial charge on any atom is 0.314 e. The van der Waals surface area contributed by atoms with Crippen molar-refractivity contribution >= 4 is 27.5 Å². The molecule has 0 aliphatic carbocycles. The van der Waals surface area contributed by atoms with E-state index in [-0.39, 0.29) is 23.2 Å². The summed E-state index contributed by atoms with van der Waals surface area (Å²) in [6.45, 7) is 4.21. The van der Waals surface area contributed by atoms with Crippen LogP contribution < -0.4 is 10.6 Å². The first kappa shape index (κ1) is 18.1. The summed E-state index contributed by atoms with van der Waals surface area (Å²) in [6, 6.07) is 9.01. The van der Waals surface area contributed by atoms with E-state index in [4.69, 9.17) is 0 Å². The molecule has 1 aliphatic heterocycles. The minimum Gasteiger partial charge on any atom is -0.348 e. The first-order chi connectivity index (χ1) is 12.3.